The predicted octanol–water partition coefficient (Wildman–Crippen LogP) is 2.16. The summed E-state index contributed by atoms with van der Waals surface area (Å²) in [6.07, 6.45) is -5.04. The Morgan fingerprint density at radius 3 is 2.21 bits per heavy atom. The summed E-state index contributed by atoms with van der Waals surface area (Å²) < 4.78 is 32.7. The maximum absolute atomic E-state index is 15.5. The van der Waals surface area contributed by atoms with Crippen molar-refractivity contribution in [1.82, 2.24) is 9.55 Å². The van der Waals surface area contributed by atoms with Crippen molar-refractivity contribution in [3.05, 3.63) is 104 Å². The first-order chi connectivity index (χ1) is 16.3. The fourth-order valence-corrected chi connectivity index (χ4v) is 3.55. The average Bonchev–Trinajstić information content (AvgIpc) is 3.15. The minimum absolute atomic E-state index is 0.159. The summed E-state index contributed by atoms with van der Waals surface area (Å²) in [5.74, 6) is -1.48. The van der Waals surface area contributed by atoms with Crippen molar-refractivity contribution in [2.75, 3.05) is 6.61 Å². The Balaban J connectivity index is 1.59. The van der Waals surface area contributed by atoms with Crippen LogP contribution in [0.25, 0.3) is 0 Å². The van der Waals surface area contributed by atoms with Gasteiger partial charge in [0.05, 0.1) is 11.1 Å². The first kappa shape index (κ1) is 23.1. The van der Waals surface area contributed by atoms with Crippen molar-refractivity contribution in [1.29, 1.82) is 0 Å². The number of carbonyl (C=O) groups excluding carboxylic acids is 2. The summed E-state index contributed by atoms with van der Waals surface area (Å²) in [7, 11) is 0. The highest BCUT2D eigenvalue weighted by molar-refractivity contribution is 5.90. The van der Waals surface area contributed by atoms with E-state index >= 15 is 4.39 Å². The lowest BCUT2D eigenvalue weighted by Gasteiger charge is -2.19. The van der Waals surface area contributed by atoms with E-state index in [1.54, 1.807) is 48.5 Å². The molecule has 1 aromatic heterocycles. The molecule has 0 aliphatic carbocycles. The molecular formula is C24H21FN2O7. The monoisotopic (exact) mass is 468 g/mol. The maximum atomic E-state index is 15.5. The highest BCUT2D eigenvalue weighted by Gasteiger charge is 2.49. The Bertz CT molecular complexity index is 1290. The van der Waals surface area contributed by atoms with Crippen LogP contribution in [0.2, 0.25) is 0 Å². The van der Waals surface area contributed by atoms with Gasteiger partial charge in [-0.25, -0.2) is 18.8 Å². The van der Waals surface area contributed by atoms with E-state index in [0.717, 1.165) is 10.8 Å². The number of rotatable bonds is 6. The van der Waals surface area contributed by atoms with Gasteiger partial charge in [-0.15, -0.1) is 0 Å². The molecule has 1 fully saturated rings. The molecule has 34 heavy (non-hydrogen) atoms. The van der Waals surface area contributed by atoms with Crippen molar-refractivity contribution in [2.24, 2.45) is 0 Å². The van der Waals surface area contributed by atoms with Crippen molar-refractivity contribution in [3.8, 4) is 0 Å². The number of ether oxygens (including phenoxy) is 3. The second-order valence-electron chi connectivity index (χ2n) is 7.69. The van der Waals surface area contributed by atoms with Gasteiger partial charge in [0.1, 0.15) is 12.7 Å². The number of esters is 2. The summed E-state index contributed by atoms with van der Waals surface area (Å²) in [6.45, 7) is 1.01. The number of alkyl halides is 1. The Hall–Kier alpha value is -4.05. The molecule has 0 bridgehead atoms. The number of aromatic nitrogens is 2. The van der Waals surface area contributed by atoms with Gasteiger partial charge in [-0.2, -0.15) is 0 Å². The van der Waals surface area contributed by atoms with Gasteiger partial charge in [-0.05, 0) is 31.2 Å². The molecule has 2 aromatic carbocycles. The van der Waals surface area contributed by atoms with Crippen LogP contribution in [0, 0.1) is 6.92 Å². The third-order valence-electron chi connectivity index (χ3n) is 5.33. The van der Waals surface area contributed by atoms with Crippen LogP contribution in [0.3, 0.4) is 0 Å². The SMILES string of the molecule is Cc1cn([C@@H]2O[C@H](COC(=O)c3ccccc3)C(OC(=O)c3ccccc3)[C@H]2F)c(=O)[nH]c1=O. The number of aryl methyl sites for hydroxylation is 1. The molecule has 1 unspecified atom stereocenters. The third kappa shape index (κ3) is 4.81. The maximum Gasteiger partial charge on any atom is 0.338 e. The summed E-state index contributed by atoms with van der Waals surface area (Å²) in [6, 6.07) is 16.1. The molecule has 1 N–H and O–H groups in total. The number of hydrogen-bond donors (Lipinski definition) is 1. The van der Waals surface area contributed by atoms with Gasteiger partial charge in [0.2, 0.25) is 0 Å². The Labute approximate surface area is 192 Å². The van der Waals surface area contributed by atoms with Crippen molar-refractivity contribution in [3.63, 3.8) is 0 Å². The lowest BCUT2D eigenvalue weighted by molar-refractivity contribution is -0.0592. The van der Waals surface area contributed by atoms with Crippen LogP contribution < -0.4 is 11.2 Å². The van der Waals surface area contributed by atoms with Gasteiger partial charge >= 0.3 is 17.6 Å². The summed E-state index contributed by atoms with van der Waals surface area (Å²) >= 11 is 0. The molecule has 0 saturated carbocycles. The molecular weight excluding hydrogens is 447 g/mol. The van der Waals surface area contributed by atoms with E-state index in [0.29, 0.717) is 0 Å². The Morgan fingerprint density at radius 1 is 1.00 bits per heavy atom. The molecule has 9 nitrogen and oxygen atoms in total. The van der Waals surface area contributed by atoms with Gasteiger partial charge in [-0.3, -0.25) is 14.3 Å². The first-order valence-electron chi connectivity index (χ1n) is 10.4. The molecule has 2 heterocycles. The molecule has 1 saturated heterocycles. The zero-order chi connectivity index (χ0) is 24.2. The van der Waals surface area contributed by atoms with Crippen LogP contribution in [0.4, 0.5) is 4.39 Å². The van der Waals surface area contributed by atoms with Gasteiger partial charge in [0.15, 0.2) is 18.5 Å². The number of hydrogen-bond acceptors (Lipinski definition) is 7. The number of aromatic amines is 1. The van der Waals surface area contributed by atoms with Gasteiger partial charge in [0.25, 0.3) is 5.56 Å². The smallest absolute Gasteiger partial charge is 0.338 e. The predicted molar refractivity (Wildman–Crippen MR) is 117 cm³/mol. The molecule has 0 amide bonds. The molecule has 0 spiro atoms. The fourth-order valence-electron chi connectivity index (χ4n) is 3.55. The summed E-state index contributed by atoms with van der Waals surface area (Å²) in [5, 5.41) is 0. The minimum Gasteiger partial charge on any atom is -0.459 e. The van der Waals surface area contributed by atoms with E-state index in [2.05, 4.69) is 4.98 Å². The second-order valence-corrected chi connectivity index (χ2v) is 7.69. The van der Waals surface area contributed by atoms with Crippen molar-refractivity contribution in [2.45, 2.75) is 31.5 Å². The van der Waals surface area contributed by atoms with Crippen LogP contribution in [0.5, 0.6) is 0 Å². The lowest BCUT2D eigenvalue weighted by atomic mass is 10.1. The topological polar surface area (TPSA) is 117 Å². The summed E-state index contributed by atoms with van der Waals surface area (Å²) in [5.41, 5.74) is -0.880. The van der Waals surface area contributed by atoms with Crippen LogP contribution in [0.1, 0.15) is 32.5 Å². The summed E-state index contributed by atoms with van der Waals surface area (Å²) in [4.78, 5) is 51.0. The lowest BCUT2D eigenvalue weighted by Crippen LogP contribution is -2.38. The molecule has 3 aromatic rings. The van der Waals surface area contributed by atoms with Crippen LogP contribution in [0.15, 0.2) is 76.4 Å². The standard InChI is InChI=1S/C24H21FN2O7/c1-14-12-27(24(31)26-20(14)28)21-18(25)19(34-23(30)16-10-6-3-7-11-16)17(33-21)13-32-22(29)15-8-4-2-5-9-15/h2-12,17-19,21H,13H2,1H3,(H,26,28,31)/t17-,18-,19?,21-/m1/s1. The highest BCUT2D eigenvalue weighted by Crippen LogP contribution is 2.34. The number of benzene rings is 2. The molecule has 10 heteroatoms. The van der Waals surface area contributed by atoms with Crippen LogP contribution >= 0.6 is 0 Å². The van der Waals surface area contributed by atoms with E-state index in [1.165, 1.54) is 19.1 Å². The second kappa shape index (κ2) is 9.84. The Kier molecular flexibility index (Phi) is 6.69. The van der Waals surface area contributed by atoms with Gasteiger partial charge in [0, 0.05) is 11.8 Å². The highest BCUT2D eigenvalue weighted by atomic mass is 19.1. The molecule has 176 valence electrons. The van der Waals surface area contributed by atoms with Crippen molar-refractivity contribution >= 4 is 11.9 Å². The Morgan fingerprint density at radius 2 is 1.59 bits per heavy atom. The molecule has 1 aliphatic rings. The third-order valence-corrected chi connectivity index (χ3v) is 5.33. The van der Waals surface area contributed by atoms with Crippen molar-refractivity contribution < 1.29 is 28.2 Å². The quantitative estimate of drug-likeness (QED) is 0.551. The first-order valence-corrected chi connectivity index (χ1v) is 10.4. The number of H-pyrrole nitrogens is 1. The number of halogens is 1. The van der Waals surface area contributed by atoms with E-state index in [-0.39, 0.29) is 16.7 Å². The molecule has 1 aliphatic heterocycles. The fraction of sp³-hybridized carbons (Fsp3) is 0.250. The van der Waals surface area contributed by atoms with E-state index in [1.807, 2.05) is 0 Å². The zero-order valence-electron chi connectivity index (χ0n) is 18.1. The van der Waals surface area contributed by atoms with E-state index in [4.69, 9.17) is 14.2 Å². The minimum atomic E-state index is -1.99. The van der Waals surface area contributed by atoms with Crippen LogP contribution in [-0.2, 0) is 14.2 Å². The zero-order valence-corrected chi connectivity index (χ0v) is 18.1. The number of nitrogens with one attached hydrogen (secondary N) is 1. The largest absolute Gasteiger partial charge is 0.459 e. The van der Waals surface area contributed by atoms with Gasteiger partial charge < -0.3 is 14.2 Å². The number of carbonyl (C=O) groups is 2. The molecule has 4 atom stereocenters. The normalized spacial score (nSPS) is 21.7. The van der Waals surface area contributed by atoms with E-state index in [9.17, 15) is 19.2 Å². The number of nitrogens with zero attached hydrogens (tertiary/aromatic N) is 1. The van der Waals surface area contributed by atoms with Gasteiger partial charge in [-0.1, -0.05) is 36.4 Å². The average molecular weight is 468 g/mol. The molecule has 0 radical (unpaired) electrons. The molecule has 4 rings (SSSR count). The van der Waals surface area contributed by atoms with E-state index < -0.39 is 54.4 Å². The van der Waals surface area contributed by atoms with Crippen LogP contribution in [-0.4, -0.2) is 46.5 Å².